The number of hydrogen-bond donors (Lipinski definition) is 0. The van der Waals surface area contributed by atoms with Crippen molar-refractivity contribution < 1.29 is 9.72 Å². The van der Waals surface area contributed by atoms with E-state index in [4.69, 9.17) is 0 Å². The Hall–Kier alpha value is -1.92. The summed E-state index contributed by atoms with van der Waals surface area (Å²) in [4.78, 5) is 28.8. The van der Waals surface area contributed by atoms with Gasteiger partial charge in [-0.3, -0.25) is 4.79 Å². The van der Waals surface area contributed by atoms with Crippen molar-refractivity contribution in [2.45, 2.75) is 58.4 Å². The first kappa shape index (κ1) is 17.5. The molecule has 7 nitrogen and oxygen atoms in total. The van der Waals surface area contributed by atoms with E-state index in [2.05, 4.69) is 4.98 Å². The van der Waals surface area contributed by atoms with Gasteiger partial charge in [-0.25, -0.2) is 0 Å². The minimum Gasteiger partial charge on any atom is -0.358 e. The zero-order chi connectivity index (χ0) is 18.5. The molecule has 1 aromatic heterocycles. The maximum Gasteiger partial charge on any atom is 0.381 e. The molecule has 4 saturated carbocycles. The molecule has 0 saturated heterocycles. The van der Waals surface area contributed by atoms with Crippen LogP contribution in [0, 0.1) is 40.2 Å². The molecule has 4 aliphatic rings. The highest BCUT2D eigenvalue weighted by molar-refractivity contribution is 5.75. The van der Waals surface area contributed by atoms with Crippen LogP contribution in [0.2, 0.25) is 0 Å². The number of imidazole rings is 1. The van der Waals surface area contributed by atoms with Gasteiger partial charge in [-0.2, -0.15) is 0 Å². The standard InChI is InChI=1S/C19H28N4O3/c1-13-20-17(23(25)26)11-22(13)4-3-18(24)21(2)12-19-8-14-5-15(9-19)7-16(6-14)10-19/h11,14-16H,3-10,12H2,1-2H3. The summed E-state index contributed by atoms with van der Waals surface area (Å²) in [5.41, 5.74) is 0.350. The van der Waals surface area contributed by atoms with Crippen molar-refractivity contribution in [2.24, 2.45) is 23.2 Å². The number of carbonyl (C=O) groups excluding carboxylic acids is 1. The molecule has 0 aliphatic heterocycles. The second kappa shape index (κ2) is 6.35. The number of aryl methyl sites for hydroxylation is 2. The molecule has 1 heterocycles. The van der Waals surface area contributed by atoms with Gasteiger partial charge in [0.25, 0.3) is 0 Å². The fraction of sp³-hybridized carbons (Fsp3) is 0.789. The van der Waals surface area contributed by atoms with Crippen LogP contribution < -0.4 is 0 Å². The van der Waals surface area contributed by atoms with Crippen molar-refractivity contribution in [1.82, 2.24) is 14.5 Å². The highest BCUT2D eigenvalue weighted by Crippen LogP contribution is 2.60. The van der Waals surface area contributed by atoms with Crippen LogP contribution in [0.25, 0.3) is 0 Å². The first-order chi connectivity index (χ1) is 12.3. The van der Waals surface area contributed by atoms with Crippen LogP contribution in [0.15, 0.2) is 6.20 Å². The topological polar surface area (TPSA) is 81.3 Å². The van der Waals surface area contributed by atoms with Crippen LogP contribution >= 0.6 is 0 Å². The molecule has 0 N–H and O–H groups in total. The summed E-state index contributed by atoms with van der Waals surface area (Å²) < 4.78 is 1.70. The summed E-state index contributed by atoms with van der Waals surface area (Å²) in [6, 6.07) is 0. The van der Waals surface area contributed by atoms with Crippen molar-refractivity contribution in [3.8, 4) is 0 Å². The number of rotatable bonds is 6. The van der Waals surface area contributed by atoms with Crippen LogP contribution in [-0.4, -0.2) is 38.9 Å². The highest BCUT2D eigenvalue weighted by Gasteiger charge is 2.51. The van der Waals surface area contributed by atoms with Crippen molar-refractivity contribution in [1.29, 1.82) is 0 Å². The highest BCUT2D eigenvalue weighted by atomic mass is 16.6. The van der Waals surface area contributed by atoms with Gasteiger partial charge in [0.15, 0.2) is 0 Å². The quantitative estimate of drug-likeness (QED) is 0.576. The summed E-state index contributed by atoms with van der Waals surface area (Å²) in [6.45, 7) is 3.05. The molecule has 4 fully saturated rings. The zero-order valence-electron chi connectivity index (χ0n) is 15.7. The van der Waals surface area contributed by atoms with Crippen LogP contribution in [0.3, 0.4) is 0 Å². The molecule has 0 unspecified atom stereocenters. The number of nitro groups is 1. The van der Waals surface area contributed by atoms with E-state index >= 15 is 0 Å². The van der Waals surface area contributed by atoms with Crippen LogP contribution in [0.5, 0.6) is 0 Å². The molecule has 5 rings (SSSR count). The molecule has 7 heteroatoms. The second-order valence-corrected chi connectivity index (χ2v) is 9.01. The molecule has 26 heavy (non-hydrogen) atoms. The third-order valence-corrected chi connectivity index (χ3v) is 6.88. The summed E-state index contributed by atoms with van der Waals surface area (Å²) >= 11 is 0. The van der Waals surface area contributed by atoms with E-state index in [0.29, 0.717) is 24.2 Å². The molecule has 0 spiro atoms. The van der Waals surface area contributed by atoms with Crippen molar-refractivity contribution in [3.05, 3.63) is 22.1 Å². The Morgan fingerprint density at radius 2 is 1.88 bits per heavy atom. The number of nitrogens with zero attached hydrogens (tertiary/aromatic N) is 4. The third kappa shape index (κ3) is 3.23. The Morgan fingerprint density at radius 3 is 2.38 bits per heavy atom. The fourth-order valence-electron chi connectivity index (χ4n) is 6.29. The van der Waals surface area contributed by atoms with Gasteiger partial charge in [0.05, 0.1) is 0 Å². The van der Waals surface area contributed by atoms with Gasteiger partial charge in [-0.1, -0.05) is 0 Å². The molecule has 0 atom stereocenters. The summed E-state index contributed by atoms with van der Waals surface area (Å²) in [5.74, 6) is 3.21. The van der Waals surface area contributed by atoms with Gasteiger partial charge in [-0.15, -0.1) is 0 Å². The number of aromatic nitrogens is 2. The molecule has 1 amide bonds. The van der Waals surface area contributed by atoms with E-state index in [0.717, 1.165) is 24.3 Å². The Kier molecular flexibility index (Phi) is 4.28. The molecule has 4 bridgehead atoms. The van der Waals surface area contributed by atoms with Crippen LogP contribution in [0.1, 0.15) is 50.8 Å². The Morgan fingerprint density at radius 1 is 1.31 bits per heavy atom. The normalized spacial score (nSPS) is 32.0. The lowest BCUT2D eigenvalue weighted by Gasteiger charge is -2.57. The van der Waals surface area contributed by atoms with Gasteiger partial charge in [0, 0.05) is 33.5 Å². The SMILES string of the molecule is Cc1nc([N+](=O)[O-])cn1CCC(=O)N(C)CC12CC3CC(CC(C3)C1)C2. The molecule has 142 valence electrons. The largest absolute Gasteiger partial charge is 0.381 e. The van der Waals surface area contributed by atoms with Crippen LogP contribution in [0.4, 0.5) is 5.82 Å². The maximum atomic E-state index is 12.7. The molecule has 4 aliphatic carbocycles. The first-order valence-electron chi connectivity index (χ1n) is 9.76. The molecule has 0 radical (unpaired) electrons. The summed E-state index contributed by atoms with van der Waals surface area (Å²) in [6.07, 6.45) is 9.90. The average Bonchev–Trinajstić information content (AvgIpc) is 2.92. The van der Waals surface area contributed by atoms with Gasteiger partial charge in [-0.05, 0) is 71.6 Å². The smallest absolute Gasteiger partial charge is 0.358 e. The van der Waals surface area contributed by atoms with E-state index in [1.165, 1.54) is 44.7 Å². The summed E-state index contributed by atoms with van der Waals surface area (Å²) in [7, 11) is 1.92. The maximum absolute atomic E-state index is 12.7. The molecular weight excluding hydrogens is 332 g/mol. The van der Waals surface area contributed by atoms with Gasteiger partial charge < -0.3 is 19.6 Å². The number of amides is 1. The van der Waals surface area contributed by atoms with Crippen molar-refractivity contribution in [3.63, 3.8) is 0 Å². The van der Waals surface area contributed by atoms with Gasteiger partial charge in [0.1, 0.15) is 6.20 Å². The second-order valence-electron chi connectivity index (χ2n) is 9.01. The van der Waals surface area contributed by atoms with Gasteiger partial charge >= 0.3 is 5.82 Å². The van der Waals surface area contributed by atoms with Gasteiger partial charge in [0.2, 0.25) is 11.7 Å². The number of hydrogen-bond acceptors (Lipinski definition) is 4. The van der Waals surface area contributed by atoms with E-state index in [1.54, 1.807) is 11.5 Å². The van der Waals surface area contributed by atoms with E-state index in [1.807, 2.05) is 11.9 Å². The monoisotopic (exact) mass is 360 g/mol. The summed E-state index contributed by atoms with van der Waals surface area (Å²) in [5, 5.41) is 10.8. The van der Waals surface area contributed by atoms with E-state index < -0.39 is 4.92 Å². The average molecular weight is 360 g/mol. The van der Waals surface area contributed by atoms with Crippen molar-refractivity contribution >= 4 is 11.7 Å². The lowest BCUT2D eigenvalue weighted by atomic mass is 9.49. The van der Waals surface area contributed by atoms with Crippen molar-refractivity contribution in [2.75, 3.05) is 13.6 Å². The lowest BCUT2D eigenvalue weighted by Crippen LogP contribution is -2.51. The molecular formula is C19H28N4O3. The Bertz CT molecular complexity index is 691. The van der Waals surface area contributed by atoms with Crippen LogP contribution in [-0.2, 0) is 11.3 Å². The minimum atomic E-state index is -0.496. The van der Waals surface area contributed by atoms with E-state index in [-0.39, 0.29) is 11.7 Å². The predicted octanol–water partition coefficient (Wildman–Crippen LogP) is 3.16. The Balaban J connectivity index is 1.34. The molecule has 1 aromatic rings. The zero-order valence-corrected chi connectivity index (χ0v) is 15.7. The molecule has 0 aromatic carbocycles. The third-order valence-electron chi connectivity index (χ3n) is 6.88. The van der Waals surface area contributed by atoms with E-state index in [9.17, 15) is 14.9 Å². The Labute approximate surface area is 153 Å². The minimum absolute atomic E-state index is 0.122. The number of carbonyl (C=O) groups is 1. The lowest BCUT2D eigenvalue weighted by molar-refractivity contribution is -0.389. The predicted molar refractivity (Wildman–Crippen MR) is 96.5 cm³/mol. The fourth-order valence-corrected chi connectivity index (χ4v) is 6.29. The first-order valence-corrected chi connectivity index (χ1v) is 9.76.